The second-order valence-corrected chi connectivity index (χ2v) is 5.69. The van der Waals surface area contributed by atoms with Gasteiger partial charge in [0.05, 0.1) is 6.20 Å². The summed E-state index contributed by atoms with van der Waals surface area (Å²) in [5.74, 6) is -0.228. The zero-order chi connectivity index (χ0) is 16.8. The van der Waals surface area contributed by atoms with E-state index in [9.17, 15) is 9.59 Å². The van der Waals surface area contributed by atoms with E-state index in [1.807, 2.05) is 45.3 Å². The molecule has 6 heteroatoms. The third kappa shape index (κ3) is 4.67. The normalized spacial score (nSPS) is 10.6. The summed E-state index contributed by atoms with van der Waals surface area (Å²) in [6.07, 6.45) is 3.66. The lowest BCUT2D eigenvalue weighted by atomic mass is 10.1. The zero-order valence-corrected chi connectivity index (χ0v) is 13.7. The number of carbonyl (C=O) groups excluding carboxylic acids is 2. The second kappa shape index (κ2) is 7.58. The van der Waals surface area contributed by atoms with Crippen molar-refractivity contribution in [2.75, 3.05) is 13.1 Å². The van der Waals surface area contributed by atoms with Gasteiger partial charge in [0, 0.05) is 43.4 Å². The molecule has 122 valence electrons. The number of nitrogens with one attached hydrogen (secondary N) is 2. The molecule has 0 saturated heterocycles. The van der Waals surface area contributed by atoms with Gasteiger partial charge < -0.3 is 10.6 Å². The highest BCUT2D eigenvalue weighted by Crippen LogP contribution is 2.19. The van der Waals surface area contributed by atoms with Gasteiger partial charge in [-0.1, -0.05) is 26.0 Å². The molecular formula is C17H22N4O2. The fourth-order valence-corrected chi connectivity index (χ4v) is 2.08. The molecule has 0 aliphatic rings. The Hall–Kier alpha value is -2.63. The Bertz CT molecular complexity index is 691. The van der Waals surface area contributed by atoms with Gasteiger partial charge in [-0.3, -0.25) is 14.3 Å². The summed E-state index contributed by atoms with van der Waals surface area (Å²) in [5.41, 5.74) is 2.49. The van der Waals surface area contributed by atoms with Crippen LogP contribution in [0.2, 0.25) is 0 Å². The molecule has 23 heavy (non-hydrogen) atoms. The molecule has 0 unspecified atom stereocenters. The minimum Gasteiger partial charge on any atom is -0.354 e. The lowest BCUT2D eigenvalue weighted by Crippen LogP contribution is -2.36. The Kier molecular flexibility index (Phi) is 5.51. The van der Waals surface area contributed by atoms with Crippen LogP contribution >= 0.6 is 0 Å². The van der Waals surface area contributed by atoms with Crippen molar-refractivity contribution in [3.63, 3.8) is 0 Å². The Morgan fingerprint density at radius 2 is 1.91 bits per heavy atom. The van der Waals surface area contributed by atoms with Crippen molar-refractivity contribution in [3.05, 3.63) is 42.2 Å². The molecule has 1 aromatic carbocycles. The summed E-state index contributed by atoms with van der Waals surface area (Å²) in [4.78, 5) is 23.6. The van der Waals surface area contributed by atoms with Gasteiger partial charge in [0.1, 0.15) is 0 Å². The lowest BCUT2D eigenvalue weighted by Gasteiger charge is -2.09. The average Bonchev–Trinajstić information content (AvgIpc) is 2.97. The Morgan fingerprint density at radius 3 is 2.57 bits per heavy atom. The first-order chi connectivity index (χ1) is 11.0. The highest BCUT2D eigenvalue weighted by atomic mass is 16.2. The molecule has 2 amide bonds. The lowest BCUT2D eigenvalue weighted by molar-refractivity contribution is -0.123. The molecule has 1 heterocycles. The van der Waals surface area contributed by atoms with Crippen molar-refractivity contribution >= 4 is 11.8 Å². The fourth-order valence-electron chi connectivity index (χ4n) is 2.08. The highest BCUT2D eigenvalue weighted by molar-refractivity contribution is 5.95. The van der Waals surface area contributed by atoms with Crippen LogP contribution in [0.15, 0.2) is 36.7 Å². The van der Waals surface area contributed by atoms with Crippen LogP contribution in [0.4, 0.5) is 0 Å². The number of rotatable bonds is 6. The molecule has 0 bridgehead atoms. The summed E-state index contributed by atoms with van der Waals surface area (Å²) >= 11 is 0. The van der Waals surface area contributed by atoms with Crippen LogP contribution in [-0.4, -0.2) is 34.7 Å². The van der Waals surface area contributed by atoms with Crippen molar-refractivity contribution in [1.82, 2.24) is 20.4 Å². The van der Waals surface area contributed by atoms with Crippen LogP contribution in [0.5, 0.6) is 0 Å². The van der Waals surface area contributed by atoms with Gasteiger partial charge in [-0.2, -0.15) is 5.10 Å². The van der Waals surface area contributed by atoms with Crippen molar-refractivity contribution < 1.29 is 9.59 Å². The zero-order valence-electron chi connectivity index (χ0n) is 13.7. The van der Waals surface area contributed by atoms with E-state index in [-0.39, 0.29) is 17.7 Å². The summed E-state index contributed by atoms with van der Waals surface area (Å²) in [6, 6.07) is 7.38. The summed E-state index contributed by atoms with van der Waals surface area (Å²) in [6.45, 7) is 4.48. The number of aryl methyl sites for hydroxylation is 1. The number of benzene rings is 1. The predicted molar refractivity (Wildman–Crippen MR) is 88.8 cm³/mol. The van der Waals surface area contributed by atoms with Crippen LogP contribution in [0, 0.1) is 5.92 Å². The first-order valence-corrected chi connectivity index (χ1v) is 7.62. The van der Waals surface area contributed by atoms with E-state index in [2.05, 4.69) is 15.7 Å². The highest BCUT2D eigenvalue weighted by Gasteiger charge is 2.09. The van der Waals surface area contributed by atoms with Crippen molar-refractivity contribution in [2.45, 2.75) is 13.8 Å². The van der Waals surface area contributed by atoms with E-state index in [1.165, 1.54) is 0 Å². The quantitative estimate of drug-likeness (QED) is 0.795. The summed E-state index contributed by atoms with van der Waals surface area (Å²) < 4.78 is 1.72. The number of nitrogens with zero attached hydrogens (tertiary/aromatic N) is 2. The molecule has 2 rings (SSSR count). The molecule has 0 atom stereocenters. The molecule has 2 aromatic rings. The SMILES string of the molecule is CC(C)C(=O)NCCNC(=O)c1cccc(-c2cnn(C)c2)c1. The molecule has 0 fully saturated rings. The summed E-state index contributed by atoms with van der Waals surface area (Å²) in [7, 11) is 1.85. The van der Waals surface area contributed by atoms with Gasteiger partial charge in [-0.25, -0.2) is 0 Å². The number of carbonyl (C=O) groups is 2. The van der Waals surface area contributed by atoms with E-state index >= 15 is 0 Å². The number of hydrogen-bond acceptors (Lipinski definition) is 3. The Labute approximate surface area is 135 Å². The minimum absolute atomic E-state index is 0.0159. The average molecular weight is 314 g/mol. The molecule has 1 aromatic heterocycles. The van der Waals surface area contributed by atoms with Crippen LogP contribution in [-0.2, 0) is 11.8 Å². The van der Waals surface area contributed by atoms with Crippen LogP contribution in [0.1, 0.15) is 24.2 Å². The Morgan fingerprint density at radius 1 is 1.17 bits per heavy atom. The van der Waals surface area contributed by atoms with Gasteiger partial charge in [0.15, 0.2) is 0 Å². The number of amides is 2. The van der Waals surface area contributed by atoms with Gasteiger partial charge in [0.25, 0.3) is 5.91 Å². The van der Waals surface area contributed by atoms with E-state index < -0.39 is 0 Å². The van der Waals surface area contributed by atoms with Gasteiger partial charge in [0.2, 0.25) is 5.91 Å². The van der Waals surface area contributed by atoms with E-state index in [1.54, 1.807) is 16.9 Å². The first kappa shape index (κ1) is 16.7. The molecule has 0 radical (unpaired) electrons. The predicted octanol–water partition coefficient (Wildman–Crippen LogP) is 1.59. The third-order valence-electron chi connectivity index (χ3n) is 3.40. The molecule has 6 nitrogen and oxygen atoms in total. The van der Waals surface area contributed by atoms with Crippen LogP contribution in [0.25, 0.3) is 11.1 Å². The van der Waals surface area contributed by atoms with Crippen LogP contribution < -0.4 is 10.6 Å². The fraction of sp³-hybridized carbons (Fsp3) is 0.353. The molecular weight excluding hydrogens is 292 g/mol. The van der Waals surface area contributed by atoms with E-state index in [4.69, 9.17) is 0 Å². The van der Waals surface area contributed by atoms with E-state index in [0.29, 0.717) is 18.7 Å². The van der Waals surface area contributed by atoms with Gasteiger partial charge >= 0.3 is 0 Å². The topological polar surface area (TPSA) is 76.0 Å². The van der Waals surface area contributed by atoms with Crippen molar-refractivity contribution in [1.29, 1.82) is 0 Å². The maximum Gasteiger partial charge on any atom is 0.251 e. The minimum atomic E-state index is -0.158. The number of aromatic nitrogens is 2. The molecule has 0 aliphatic heterocycles. The van der Waals surface area contributed by atoms with E-state index in [0.717, 1.165) is 11.1 Å². The molecule has 2 N–H and O–H groups in total. The standard InChI is InChI=1S/C17H22N4O2/c1-12(2)16(22)18-7-8-19-17(23)14-6-4-5-13(9-14)15-10-20-21(3)11-15/h4-6,9-12H,7-8H2,1-3H3,(H,18,22)(H,19,23). The molecule has 0 aliphatic carbocycles. The molecule has 0 spiro atoms. The number of hydrogen-bond donors (Lipinski definition) is 2. The largest absolute Gasteiger partial charge is 0.354 e. The van der Waals surface area contributed by atoms with Gasteiger partial charge in [-0.15, -0.1) is 0 Å². The maximum absolute atomic E-state index is 12.2. The maximum atomic E-state index is 12.2. The summed E-state index contributed by atoms with van der Waals surface area (Å²) in [5, 5.41) is 9.70. The Balaban J connectivity index is 1.91. The first-order valence-electron chi connectivity index (χ1n) is 7.62. The van der Waals surface area contributed by atoms with Crippen molar-refractivity contribution in [2.24, 2.45) is 13.0 Å². The second-order valence-electron chi connectivity index (χ2n) is 5.69. The molecule has 0 saturated carbocycles. The monoisotopic (exact) mass is 314 g/mol. The van der Waals surface area contributed by atoms with Crippen LogP contribution in [0.3, 0.4) is 0 Å². The smallest absolute Gasteiger partial charge is 0.251 e. The van der Waals surface area contributed by atoms with Gasteiger partial charge in [-0.05, 0) is 17.7 Å². The third-order valence-corrected chi connectivity index (χ3v) is 3.40. The van der Waals surface area contributed by atoms with Crippen molar-refractivity contribution in [3.8, 4) is 11.1 Å².